The van der Waals surface area contributed by atoms with E-state index >= 15 is 0 Å². The van der Waals surface area contributed by atoms with E-state index in [1.807, 2.05) is 32.0 Å². The Bertz CT molecular complexity index is 1250. The number of nitrogens with two attached hydrogens (primary N) is 1. The third-order valence-corrected chi connectivity index (χ3v) is 7.05. The maximum Gasteiger partial charge on any atom is 0.264 e. The van der Waals surface area contributed by atoms with Gasteiger partial charge in [-0.3, -0.25) is 4.79 Å². The topological polar surface area (TPSA) is 108 Å². The van der Waals surface area contributed by atoms with E-state index in [4.69, 9.17) is 15.5 Å². The second-order valence-electron chi connectivity index (χ2n) is 8.40. The minimum Gasteiger partial charge on any atom is -0.399 e. The van der Waals surface area contributed by atoms with Crippen LogP contribution in [-0.4, -0.2) is 14.3 Å². The summed E-state index contributed by atoms with van der Waals surface area (Å²) >= 11 is 0. The van der Waals surface area contributed by atoms with Gasteiger partial charge in [0, 0.05) is 11.3 Å². The highest BCUT2D eigenvalue weighted by Gasteiger charge is 2.28. The standard InChI is InChI=1S/C25H26N2O5S/c1-16(2)18-7-11-22(12-8-18)33(29,30)27-25(28)23(13-17-3-9-21(26)10-4-17)19-5-6-20-15-31-32-24(20)14-19/h3-12,14,16,23H,13,15,26H2,1-2H3,(H,27,28). The first-order valence-electron chi connectivity index (χ1n) is 10.7. The van der Waals surface area contributed by atoms with Crippen LogP contribution in [0.2, 0.25) is 0 Å². The van der Waals surface area contributed by atoms with E-state index in [9.17, 15) is 13.2 Å². The summed E-state index contributed by atoms with van der Waals surface area (Å²) in [6.07, 6.45) is 0.285. The van der Waals surface area contributed by atoms with Crippen LogP contribution in [0.4, 0.5) is 5.69 Å². The quantitative estimate of drug-likeness (QED) is 0.402. The number of amides is 1. The normalized spacial score (nSPS) is 13.9. The van der Waals surface area contributed by atoms with E-state index in [0.717, 1.165) is 16.7 Å². The molecule has 0 bridgehead atoms. The van der Waals surface area contributed by atoms with Crippen LogP contribution >= 0.6 is 0 Å². The Morgan fingerprint density at radius 3 is 2.33 bits per heavy atom. The van der Waals surface area contributed by atoms with Crippen LogP contribution in [0.15, 0.2) is 71.6 Å². The third kappa shape index (κ3) is 5.18. The fourth-order valence-corrected chi connectivity index (χ4v) is 4.71. The highest BCUT2D eigenvalue weighted by atomic mass is 32.2. The highest BCUT2D eigenvalue weighted by Crippen LogP contribution is 2.32. The minimum absolute atomic E-state index is 0.0390. The number of anilines is 1. The molecule has 33 heavy (non-hydrogen) atoms. The molecule has 1 amide bonds. The molecule has 0 fully saturated rings. The van der Waals surface area contributed by atoms with Crippen LogP contribution in [0.5, 0.6) is 5.75 Å². The van der Waals surface area contributed by atoms with E-state index in [2.05, 4.69) is 4.72 Å². The SMILES string of the molecule is CC(C)c1ccc(S(=O)(=O)NC(=O)C(Cc2ccc(N)cc2)c2ccc3c(c2)OOC3)cc1. The zero-order valence-electron chi connectivity index (χ0n) is 18.4. The minimum atomic E-state index is -4.04. The van der Waals surface area contributed by atoms with Crippen molar-refractivity contribution in [3.63, 3.8) is 0 Å². The van der Waals surface area contributed by atoms with Gasteiger partial charge in [-0.1, -0.05) is 50.2 Å². The van der Waals surface area contributed by atoms with Gasteiger partial charge in [-0.2, -0.15) is 4.89 Å². The van der Waals surface area contributed by atoms with E-state index in [1.165, 1.54) is 12.1 Å². The van der Waals surface area contributed by atoms with Gasteiger partial charge in [-0.25, -0.2) is 13.1 Å². The number of fused-ring (bicyclic) bond motifs is 1. The van der Waals surface area contributed by atoms with Crippen molar-refractivity contribution in [3.05, 3.63) is 89.0 Å². The first-order chi connectivity index (χ1) is 15.7. The largest absolute Gasteiger partial charge is 0.399 e. The van der Waals surface area contributed by atoms with E-state index in [1.54, 1.807) is 36.4 Å². The second-order valence-corrected chi connectivity index (χ2v) is 10.1. The number of hydrogen-bond acceptors (Lipinski definition) is 6. The van der Waals surface area contributed by atoms with E-state index in [0.29, 0.717) is 23.6 Å². The van der Waals surface area contributed by atoms with Crippen LogP contribution in [0.1, 0.15) is 47.9 Å². The fraction of sp³-hybridized carbons (Fsp3) is 0.240. The lowest BCUT2D eigenvalue weighted by molar-refractivity contribution is -0.194. The Balaban J connectivity index is 1.62. The highest BCUT2D eigenvalue weighted by molar-refractivity contribution is 7.90. The fourth-order valence-electron chi connectivity index (χ4n) is 3.69. The Labute approximate surface area is 193 Å². The van der Waals surface area contributed by atoms with Gasteiger partial charge >= 0.3 is 0 Å². The van der Waals surface area contributed by atoms with Gasteiger partial charge in [-0.15, -0.1) is 0 Å². The van der Waals surface area contributed by atoms with E-state index in [-0.39, 0.29) is 17.2 Å². The zero-order valence-corrected chi connectivity index (χ0v) is 19.3. The molecule has 4 rings (SSSR count). The van der Waals surface area contributed by atoms with Crippen molar-refractivity contribution in [2.45, 2.75) is 43.6 Å². The van der Waals surface area contributed by atoms with Crippen molar-refractivity contribution in [2.75, 3.05) is 5.73 Å². The Kier molecular flexibility index (Phi) is 6.40. The van der Waals surface area contributed by atoms with Gasteiger partial charge in [0.2, 0.25) is 5.91 Å². The van der Waals surface area contributed by atoms with Crippen molar-refractivity contribution in [1.29, 1.82) is 0 Å². The molecular formula is C25H26N2O5S. The van der Waals surface area contributed by atoms with Crippen molar-refractivity contribution in [3.8, 4) is 5.75 Å². The number of rotatable bonds is 7. The molecule has 1 aliphatic rings. The van der Waals surface area contributed by atoms with Crippen molar-refractivity contribution < 1.29 is 23.0 Å². The lowest BCUT2D eigenvalue weighted by Gasteiger charge is -2.18. The molecule has 0 radical (unpaired) electrons. The van der Waals surface area contributed by atoms with Crippen LogP contribution < -0.4 is 15.3 Å². The average molecular weight is 467 g/mol. The number of nitrogen functional groups attached to an aromatic ring is 1. The molecule has 0 spiro atoms. The molecule has 0 saturated heterocycles. The Morgan fingerprint density at radius 1 is 1.00 bits per heavy atom. The van der Waals surface area contributed by atoms with E-state index < -0.39 is 21.8 Å². The molecule has 1 atom stereocenters. The average Bonchev–Trinajstić information content (AvgIpc) is 3.26. The van der Waals surface area contributed by atoms with Gasteiger partial charge in [-0.05, 0) is 59.4 Å². The summed E-state index contributed by atoms with van der Waals surface area (Å²) in [5.74, 6) is -0.604. The number of carbonyl (C=O) groups excluding carboxylic acids is 1. The van der Waals surface area contributed by atoms with Crippen molar-refractivity contribution in [2.24, 2.45) is 0 Å². The molecule has 3 N–H and O–H groups in total. The van der Waals surface area contributed by atoms with Gasteiger partial charge in [0.05, 0.1) is 10.8 Å². The van der Waals surface area contributed by atoms with Gasteiger partial charge in [0.1, 0.15) is 6.61 Å². The molecule has 0 aromatic heterocycles. The second kappa shape index (κ2) is 9.25. The van der Waals surface area contributed by atoms with Gasteiger partial charge in [0.25, 0.3) is 10.0 Å². The molecule has 0 saturated carbocycles. The molecule has 3 aromatic carbocycles. The maximum absolute atomic E-state index is 13.3. The summed E-state index contributed by atoms with van der Waals surface area (Å²) in [6, 6.07) is 19.0. The summed E-state index contributed by atoms with van der Waals surface area (Å²) in [5, 5.41) is 0. The molecule has 0 aliphatic carbocycles. The summed E-state index contributed by atoms with van der Waals surface area (Å²) < 4.78 is 28.2. The van der Waals surface area contributed by atoms with Crippen LogP contribution in [0.25, 0.3) is 0 Å². The number of carbonyl (C=O) groups is 1. The van der Waals surface area contributed by atoms with Gasteiger partial charge in [0.15, 0.2) is 5.75 Å². The van der Waals surface area contributed by atoms with Crippen molar-refractivity contribution >= 4 is 21.6 Å². The predicted octanol–water partition coefficient (Wildman–Crippen LogP) is 4.05. The van der Waals surface area contributed by atoms with Crippen LogP contribution in [-0.2, 0) is 32.7 Å². The molecule has 7 nitrogen and oxygen atoms in total. The first-order valence-corrected chi connectivity index (χ1v) is 12.1. The Morgan fingerprint density at radius 2 is 1.67 bits per heavy atom. The lowest BCUT2D eigenvalue weighted by atomic mass is 9.90. The number of nitrogens with one attached hydrogen (secondary N) is 1. The molecule has 172 valence electrons. The summed E-state index contributed by atoms with van der Waals surface area (Å²) in [5.41, 5.74) is 9.74. The number of benzene rings is 3. The zero-order chi connectivity index (χ0) is 23.6. The van der Waals surface area contributed by atoms with Crippen LogP contribution in [0, 0.1) is 0 Å². The molecule has 3 aromatic rings. The molecule has 1 aliphatic heterocycles. The summed E-state index contributed by atoms with van der Waals surface area (Å²) in [7, 11) is -4.04. The Hall–Kier alpha value is -3.36. The smallest absolute Gasteiger partial charge is 0.264 e. The van der Waals surface area contributed by atoms with Gasteiger partial charge < -0.3 is 10.6 Å². The van der Waals surface area contributed by atoms with Crippen molar-refractivity contribution in [1.82, 2.24) is 4.72 Å². The lowest BCUT2D eigenvalue weighted by Crippen LogP contribution is -2.35. The van der Waals surface area contributed by atoms with Crippen LogP contribution in [0.3, 0.4) is 0 Å². The summed E-state index contributed by atoms with van der Waals surface area (Å²) in [6.45, 7) is 4.38. The monoisotopic (exact) mass is 466 g/mol. The molecular weight excluding hydrogens is 440 g/mol. The number of hydrogen-bond donors (Lipinski definition) is 2. The predicted molar refractivity (Wildman–Crippen MR) is 125 cm³/mol. The first kappa shape index (κ1) is 22.8. The number of sulfonamides is 1. The molecule has 1 heterocycles. The molecule has 1 unspecified atom stereocenters. The molecule has 8 heteroatoms. The summed E-state index contributed by atoms with van der Waals surface area (Å²) in [4.78, 5) is 23.5. The third-order valence-electron chi connectivity index (χ3n) is 5.68. The maximum atomic E-state index is 13.3.